The van der Waals surface area contributed by atoms with Crippen LogP contribution in [0.15, 0.2) is 18.2 Å². The van der Waals surface area contributed by atoms with E-state index in [1.165, 1.54) is 0 Å². The van der Waals surface area contributed by atoms with Crippen LogP contribution in [0.1, 0.15) is 13.8 Å². The van der Waals surface area contributed by atoms with Gasteiger partial charge in [0.2, 0.25) is 5.88 Å². The smallest absolute Gasteiger partial charge is 0.214 e. The highest BCUT2D eigenvalue weighted by molar-refractivity contribution is 5.40. The van der Waals surface area contributed by atoms with Crippen molar-refractivity contribution in [1.29, 1.82) is 0 Å². The average molecular weight is 180 g/mol. The predicted molar refractivity (Wildman–Crippen MR) is 54.4 cm³/mol. The third-order valence-electron chi connectivity index (χ3n) is 2.01. The van der Waals surface area contributed by atoms with E-state index in [1.807, 2.05) is 18.2 Å². The number of rotatable bonds is 4. The molecular formula is C10H16N2O. The molecule has 0 fully saturated rings. The van der Waals surface area contributed by atoms with Crippen molar-refractivity contribution in [1.82, 2.24) is 4.98 Å². The Kier molecular flexibility index (Phi) is 3.55. The van der Waals surface area contributed by atoms with Gasteiger partial charge in [0.15, 0.2) is 0 Å². The third-order valence-corrected chi connectivity index (χ3v) is 2.01. The summed E-state index contributed by atoms with van der Waals surface area (Å²) < 4.78 is 5.06. The average Bonchev–Trinajstić information content (AvgIpc) is 2.20. The van der Waals surface area contributed by atoms with Crippen LogP contribution in [0.5, 0.6) is 5.88 Å². The van der Waals surface area contributed by atoms with E-state index in [9.17, 15) is 0 Å². The maximum Gasteiger partial charge on any atom is 0.214 e. The first kappa shape index (κ1) is 9.84. The summed E-state index contributed by atoms with van der Waals surface area (Å²) in [5, 5.41) is 0. The molecule has 0 aliphatic carbocycles. The maximum absolute atomic E-state index is 5.06. The highest BCUT2D eigenvalue weighted by Crippen LogP contribution is 2.14. The Morgan fingerprint density at radius 3 is 2.54 bits per heavy atom. The van der Waals surface area contributed by atoms with Crippen LogP contribution in [0.25, 0.3) is 0 Å². The van der Waals surface area contributed by atoms with Crippen molar-refractivity contribution < 1.29 is 4.74 Å². The molecule has 1 aromatic heterocycles. The minimum absolute atomic E-state index is 0.671. The molecule has 0 bridgehead atoms. The van der Waals surface area contributed by atoms with Gasteiger partial charge in [-0.3, -0.25) is 0 Å². The van der Waals surface area contributed by atoms with Gasteiger partial charge >= 0.3 is 0 Å². The Morgan fingerprint density at radius 2 is 2.00 bits per heavy atom. The number of nitrogens with zero attached hydrogens (tertiary/aromatic N) is 2. The normalized spacial score (nSPS) is 9.77. The molecule has 0 amide bonds. The number of hydrogen-bond donors (Lipinski definition) is 0. The Balaban J connectivity index is 2.86. The summed E-state index contributed by atoms with van der Waals surface area (Å²) in [5.41, 5.74) is 0. The second-order valence-corrected chi connectivity index (χ2v) is 2.71. The lowest BCUT2D eigenvalue weighted by Crippen LogP contribution is -2.22. The van der Waals surface area contributed by atoms with Crippen molar-refractivity contribution in [3.63, 3.8) is 0 Å². The number of anilines is 1. The molecule has 0 spiro atoms. The van der Waals surface area contributed by atoms with Gasteiger partial charge in [0.1, 0.15) is 5.82 Å². The van der Waals surface area contributed by atoms with Gasteiger partial charge in [-0.25, -0.2) is 0 Å². The Labute approximate surface area is 79.3 Å². The van der Waals surface area contributed by atoms with Gasteiger partial charge in [-0.2, -0.15) is 4.98 Å². The lowest BCUT2D eigenvalue weighted by Gasteiger charge is -2.19. The van der Waals surface area contributed by atoms with Crippen molar-refractivity contribution in [3.05, 3.63) is 18.2 Å². The maximum atomic E-state index is 5.06. The summed E-state index contributed by atoms with van der Waals surface area (Å²) in [6, 6.07) is 5.81. The van der Waals surface area contributed by atoms with Crippen LogP contribution in [0.4, 0.5) is 5.82 Å². The third kappa shape index (κ3) is 2.34. The molecule has 0 atom stereocenters. The van der Waals surface area contributed by atoms with Crippen molar-refractivity contribution in [2.75, 3.05) is 25.1 Å². The molecule has 0 aliphatic heterocycles. The summed E-state index contributed by atoms with van der Waals surface area (Å²) in [7, 11) is 1.63. The van der Waals surface area contributed by atoms with Crippen LogP contribution in [-0.4, -0.2) is 25.2 Å². The van der Waals surface area contributed by atoms with E-state index in [0.717, 1.165) is 18.9 Å². The Morgan fingerprint density at radius 1 is 1.31 bits per heavy atom. The minimum atomic E-state index is 0.671. The first-order valence-corrected chi connectivity index (χ1v) is 4.57. The largest absolute Gasteiger partial charge is 0.481 e. The number of methoxy groups -OCH3 is 1. The van der Waals surface area contributed by atoms with Crippen LogP contribution < -0.4 is 9.64 Å². The molecule has 13 heavy (non-hydrogen) atoms. The zero-order valence-corrected chi connectivity index (χ0v) is 8.45. The number of pyridine rings is 1. The predicted octanol–water partition coefficient (Wildman–Crippen LogP) is 1.94. The van der Waals surface area contributed by atoms with E-state index in [-0.39, 0.29) is 0 Å². The van der Waals surface area contributed by atoms with Gasteiger partial charge in [-0.15, -0.1) is 0 Å². The van der Waals surface area contributed by atoms with Crippen LogP contribution in [-0.2, 0) is 0 Å². The SMILES string of the molecule is CCN(CC)c1cccc(OC)n1. The molecule has 1 heterocycles. The molecule has 0 radical (unpaired) electrons. The molecule has 0 saturated carbocycles. The van der Waals surface area contributed by atoms with Crippen LogP contribution in [0, 0.1) is 0 Å². The number of hydrogen-bond acceptors (Lipinski definition) is 3. The quantitative estimate of drug-likeness (QED) is 0.708. The molecule has 0 unspecified atom stereocenters. The fourth-order valence-electron chi connectivity index (χ4n) is 1.24. The van der Waals surface area contributed by atoms with Crippen LogP contribution in [0.2, 0.25) is 0 Å². The molecule has 3 heteroatoms. The van der Waals surface area contributed by atoms with Gasteiger partial charge in [0.05, 0.1) is 7.11 Å². The van der Waals surface area contributed by atoms with Gasteiger partial charge < -0.3 is 9.64 Å². The lowest BCUT2D eigenvalue weighted by molar-refractivity contribution is 0.398. The lowest BCUT2D eigenvalue weighted by atomic mass is 10.4. The Bertz CT molecular complexity index is 259. The van der Waals surface area contributed by atoms with Crippen LogP contribution in [0.3, 0.4) is 0 Å². The van der Waals surface area contributed by atoms with Crippen molar-refractivity contribution in [2.24, 2.45) is 0 Å². The van der Waals surface area contributed by atoms with E-state index in [2.05, 4.69) is 23.7 Å². The monoisotopic (exact) mass is 180 g/mol. The summed E-state index contributed by atoms with van der Waals surface area (Å²) >= 11 is 0. The van der Waals surface area contributed by atoms with E-state index in [1.54, 1.807) is 7.11 Å². The molecule has 0 aliphatic rings. The van der Waals surface area contributed by atoms with E-state index >= 15 is 0 Å². The molecule has 0 N–H and O–H groups in total. The standard InChI is InChI=1S/C10H16N2O/c1-4-12(5-2)9-7-6-8-10(11-9)13-3/h6-8H,4-5H2,1-3H3. The molecular weight excluding hydrogens is 164 g/mol. The molecule has 1 rings (SSSR count). The fraction of sp³-hybridized carbons (Fsp3) is 0.500. The second-order valence-electron chi connectivity index (χ2n) is 2.71. The number of ether oxygens (including phenoxy) is 1. The van der Waals surface area contributed by atoms with E-state index < -0.39 is 0 Å². The number of aromatic nitrogens is 1. The minimum Gasteiger partial charge on any atom is -0.481 e. The van der Waals surface area contributed by atoms with Gasteiger partial charge in [-0.1, -0.05) is 6.07 Å². The van der Waals surface area contributed by atoms with Gasteiger partial charge in [0, 0.05) is 19.2 Å². The highest BCUT2D eigenvalue weighted by atomic mass is 16.5. The molecule has 72 valence electrons. The summed E-state index contributed by atoms with van der Waals surface area (Å²) in [6.45, 7) is 6.17. The highest BCUT2D eigenvalue weighted by Gasteiger charge is 2.03. The second kappa shape index (κ2) is 4.70. The first-order valence-electron chi connectivity index (χ1n) is 4.57. The van der Waals surface area contributed by atoms with E-state index in [4.69, 9.17) is 4.74 Å². The zero-order valence-electron chi connectivity index (χ0n) is 8.45. The van der Waals surface area contributed by atoms with Crippen molar-refractivity contribution in [3.8, 4) is 5.88 Å². The summed E-state index contributed by atoms with van der Waals surface area (Å²) in [5.74, 6) is 1.65. The molecule has 0 saturated heterocycles. The summed E-state index contributed by atoms with van der Waals surface area (Å²) in [4.78, 5) is 6.52. The van der Waals surface area contributed by atoms with E-state index in [0.29, 0.717) is 5.88 Å². The molecule has 3 nitrogen and oxygen atoms in total. The van der Waals surface area contributed by atoms with Crippen LogP contribution >= 0.6 is 0 Å². The Hall–Kier alpha value is -1.25. The fourth-order valence-corrected chi connectivity index (χ4v) is 1.24. The zero-order chi connectivity index (χ0) is 9.68. The van der Waals surface area contributed by atoms with Gasteiger partial charge in [-0.05, 0) is 19.9 Å². The molecule has 0 aromatic carbocycles. The summed E-state index contributed by atoms with van der Waals surface area (Å²) in [6.07, 6.45) is 0. The topological polar surface area (TPSA) is 25.4 Å². The molecule has 1 aromatic rings. The first-order chi connectivity index (χ1) is 6.31. The van der Waals surface area contributed by atoms with Crippen molar-refractivity contribution in [2.45, 2.75) is 13.8 Å². The van der Waals surface area contributed by atoms with Gasteiger partial charge in [0.25, 0.3) is 0 Å². The van der Waals surface area contributed by atoms with Crippen molar-refractivity contribution >= 4 is 5.82 Å².